The van der Waals surface area contributed by atoms with Crippen LogP contribution in [0.15, 0.2) is 11.2 Å². The topological polar surface area (TPSA) is 75.6 Å². The molecule has 1 rings (SSSR count). The zero-order chi connectivity index (χ0) is 20.1. The third-order valence-corrected chi connectivity index (χ3v) is 5.03. The van der Waals surface area contributed by atoms with Crippen LogP contribution in [0.1, 0.15) is 69.7 Å². The number of nitrogens with one attached hydrogen (secondary N) is 2. The third-order valence-electron chi connectivity index (χ3n) is 3.82. The van der Waals surface area contributed by atoms with E-state index in [2.05, 4.69) is 27.5 Å². The number of ether oxygens (including phenoxy) is 1. The monoisotopic (exact) mass is 396 g/mol. The minimum atomic E-state index is -0.387. The van der Waals surface area contributed by atoms with Crippen LogP contribution in [0.3, 0.4) is 0 Å². The number of aryl methyl sites for hydroxylation is 1. The quantitative estimate of drug-likeness (QED) is 0.258. The van der Waals surface area contributed by atoms with Crippen LogP contribution in [-0.2, 0) is 22.4 Å². The summed E-state index contributed by atoms with van der Waals surface area (Å²) in [6, 6.07) is 0. The highest BCUT2D eigenvalue weighted by Crippen LogP contribution is 2.13. The van der Waals surface area contributed by atoms with Gasteiger partial charge in [0, 0.05) is 44.1 Å². The molecule has 0 radical (unpaired) electrons. The van der Waals surface area contributed by atoms with Crippen LogP contribution in [0.2, 0.25) is 0 Å². The molecule has 0 saturated heterocycles. The van der Waals surface area contributed by atoms with Gasteiger partial charge >= 0.3 is 5.97 Å². The van der Waals surface area contributed by atoms with Crippen molar-refractivity contribution in [2.45, 2.75) is 78.2 Å². The van der Waals surface area contributed by atoms with Crippen molar-refractivity contribution in [3.63, 3.8) is 0 Å². The van der Waals surface area contributed by atoms with E-state index in [9.17, 15) is 4.79 Å². The van der Waals surface area contributed by atoms with Crippen molar-refractivity contribution in [3.05, 3.63) is 16.1 Å². The number of rotatable bonds is 11. The summed E-state index contributed by atoms with van der Waals surface area (Å²) >= 11 is 1.78. The number of hydrogen-bond donors (Lipinski definition) is 2. The lowest BCUT2D eigenvalue weighted by molar-refractivity contribution is -0.154. The second-order valence-corrected chi connectivity index (χ2v) is 8.70. The van der Waals surface area contributed by atoms with Crippen LogP contribution >= 0.6 is 11.3 Å². The fourth-order valence-electron chi connectivity index (χ4n) is 2.48. The molecule has 7 heteroatoms. The van der Waals surface area contributed by atoms with Crippen LogP contribution in [0.25, 0.3) is 0 Å². The molecule has 0 aliphatic heterocycles. The average Bonchev–Trinajstić information content (AvgIpc) is 3.05. The second-order valence-electron chi connectivity index (χ2n) is 7.50. The van der Waals surface area contributed by atoms with Crippen molar-refractivity contribution in [1.82, 2.24) is 15.6 Å². The molecule has 6 nitrogen and oxygen atoms in total. The van der Waals surface area contributed by atoms with Gasteiger partial charge in [-0.3, -0.25) is 9.79 Å². The van der Waals surface area contributed by atoms with Crippen LogP contribution in [0.4, 0.5) is 0 Å². The zero-order valence-electron chi connectivity index (χ0n) is 17.6. The Morgan fingerprint density at radius 1 is 1.19 bits per heavy atom. The van der Waals surface area contributed by atoms with Gasteiger partial charge in [0.05, 0.1) is 5.01 Å². The van der Waals surface area contributed by atoms with Crippen LogP contribution in [-0.4, -0.2) is 42.7 Å². The first-order valence-corrected chi connectivity index (χ1v) is 10.8. The van der Waals surface area contributed by atoms with Gasteiger partial charge in [0.2, 0.25) is 0 Å². The summed E-state index contributed by atoms with van der Waals surface area (Å²) in [4.78, 5) is 21.6. The van der Waals surface area contributed by atoms with Crippen LogP contribution in [0.5, 0.6) is 0 Å². The van der Waals surface area contributed by atoms with E-state index in [1.54, 1.807) is 18.4 Å². The first-order valence-electron chi connectivity index (χ1n) is 9.94. The molecule has 0 aliphatic rings. The van der Waals surface area contributed by atoms with Gasteiger partial charge < -0.3 is 15.4 Å². The molecule has 1 aromatic rings. The van der Waals surface area contributed by atoms with Gasteiger partial charge in [0.15, 0.2) is 5.96 Å². The molecule has 0 aromatic carbocycles. The third kappa shape index (κ3) is 11.6. The molecule has 0 fully saturated rings. The number of esters is 1. The highest BCUT2D eigenvalue weighted by molar-refractivity contribution is 7.11. The molecule has 2 N–H and O–H groups in total. The zero-order valence-corrected chi connectivity index (χ0v) is 18.4. The standard InChI is InChI=1S/C20H36N4O2S/c1-6-16-15-24-17(27-16)12-14-23-19(21-5)22-13-10-8-7-9-11-18(25)26-20(2,3)4/h15H,6-14H2,1-5H3,(H2,21,22,23). The van der Waals surface area contributed by atoms with Crippen molar-refractivity contribution in [2.75, 3.05) is 20.1 Å². The van der Waals surface area contributed by atoms with Gasteiger partial charge in [0.1, 0.15) is 5.60 Å². The number of nitrogens with zero attached hydrogens (tertiary/aromatic N) is 2. The number of hydrogen-bond acceptors (Lipinski definition) is 5. The Morgan fingerprint density at radius 2 is 1.89 bits per heavy atom. The predicted molar refractivity (Wildman–Crippen MR) is 113 cm³/mol. The molecule has 0 spiro atoms. The number of carbonyl (C=O) groups excluding carboxylic acids is 1. The lowest BCUT2D eigenvalue weighted by Gasteiger charge is -2.19. The smallest absolute Gasteiger partial charge is 0.306 e. The molecule has 154 valence electrons. The second kappa shape index (κ2) is 12.7. The van der Waals surface area contributed by atoms with Gasteiger partial charge in [-0.1, -0.05) is 19.8 Å². The molecule has 27 heavy (non-hydrogen) atoms. The average molecular weight is 397 g/mol. The fraction of sp³-hybridized carbons (Fsp3) is 0.750. The summed E-state index contributed by atoms with van der Waals surface area (Å²) in [5.41, 5.74) is -0.387. The van der Waals surface area contributed by atoms with Gasteiger partial charge in [-0.25, -0.2) is 4.98 Å². The highest BCUT2D eigenvalue weighted by Gasteiger charge is 2.15. The van der Waals surface area contributed by atoms with Gasteiger partial charge in [-0.15, -0.1) is 11.3 Å². The van der Waals surface area contributed by atoms with Crippen molar-refractivity contribution < 1.29 is 9.53 Å². The van der Waals surface area contributed by atoms with Gasteiger partial charge in [0.25, 0.3) is 0 Å². The van der Waals surface area contributed by atoms with Crippen LogP contribution < -0.4 is 10.6 Å². The molecule has 0 unspecified atom stereocenters. The molecule has 0 bridgehead atoms. The van der Waals surface area contributed by atoms with Crippen molar-refractivity contribution in [2.24, 2.45) is 4.99 Å². The normalized spacial score (nSPS) is 12.1. The van der Waals surface area contributed by atoms with E-state index >= 15 is 0 Å². The van der Waals surface area contributed by atoms with E-state index < -0.39 is 0 Å². The predicted octanol–water partition coefficient (Wildman–Crippen LogP) is 3.71. The Balaban J connectivity index is 2.04. The number of guanidine groups is 1. The van der Waals surface area contributed by atoms with Crippen molar-refractivity contribution in [3.8, 4) is 0 Å². The lowest BCUT2D eigenvalue weighted by Crippen LogP contribution is -2.38. The van der Waals surface area contributed by atoms with E-state index in [4.69, 9.17) is 4.74 Å². The van der Waals surface area contributed by atoms with Crippen molar-refractivity contribution in [1.29, 1.82) is 0 Å². The Kier molecular flexibility index (Phi) is 11.0. The summed E-state index contributed by atoms with van der Waals surface area (Å²) in [6.07, 6.45) is 8.50. The Bertz CT molecular complexity index is 579. The lowest BCUT2D eigenvalue weighted by atomic mass is 10.1. The number of thiazole rings is 1. The largest absolute Gasteiger partial charge is 0.460 e. The molecule has 0 aliphatic carbocycles. The summed E-state index contributed by atoms with van der Waals surface area (Å²) < 4.78 is 5.31. The SMILES string of the molecule is CCc1cnc(CCNC(=NC)NCCCCCCC(=O)OC(C)(C)C)s1. The van der Waals surface area contributed by atoms with Gasteiger partial charge in [-0.05, 0) is 40.0 Å². The van der Waals surface area contributed by atoms with Gasteiger partial charge in [-0.2, -0.15) is 0 Å². The first-order chi connectivity index (χ1) is 12.8. The number of unbranched alkanes of at least 4 members (excludes halogenated alkanes) is 3. The van der Waals surface area contributed by atoms with E-state index in [1.165, 1.54) is 9.88 Å². The Labute approximate surface area is 168 Å². The molecule has 1 heterocycles. The molecule has 0 atom stereocenters. The van der Waals surface area contributed by atoms with E-state index in [1.807, 2.05) is 27.0 Å². The maximum Gasteiger partial charge on any atom is 0.306 e. The van der Waals surface area contributed by atoms with Crippen molar-refractivity contribution >= 4 is 23.3 Å². The fourth-order valence-corrected chi connectivity index (χ4v) is 3.34. The number of aliphatic imine (C=N–C) groups is 1. The van der Waals surface area contributed by atoms with E-state index in [0.29, 0.717) is 6.42 Å². The molecular weight excluding hydrogens is 360 g/mol. The Hall–Kier alpha value is -1.63. The number of aromatic nitrogens is 1. The number of carbonyl (C=O) groups is 1. The Morgan fingerprint density at radius 3 is 2.52 bits per heavy atom. The maximum atomic E-state index is 11.6. The minimum Gasteiger partial charge on any atom is -0.460 e. The maximum absolute atomic E-state index is 11.6. The molecule has 1 aromatic heterocycles. The highest BCUT2D eigenvalue weighted by atomic mass is 32.1. The van der Waals surface area contributed by atoms with Crippen LogP contribution in [0, 0.1) is 0 Å². The first kappa shape index (κ1) is 23.4. The summed E-state index contributed by atoms with van der Waals surface area (Å²) in [7, 11) is 1.79. The minimum absolute atomic E-state index is 0.100. The van der Waals surface area contributed by atoms with E-state index in [0.717, 1.165) is 57.6 Å². The summed E-state index contributed by atoms with van der Waals surface area (Å²) in [6.45, 7) is 9.55. The summed E-state index contributed by atoms with van der Waals surface area (Å²) in [5, 5.41) is 7.83. The summed E-state index contributed by atoms with van der Waals surface area (Å²) in [5.74, 6) is 0.729. The molecule has 0 amide bonds. The molecular formula is C20H36N4O2S. The van der Waals surface area contributed by atoms with E-state index in [-0.39, 0.29) is 11.6 Å². The molecule has 0 saturated carbocycles.